The molecule has 1 N–H and O–H groups in total. The highest BCUT2D eigenvalue weighted by atomic mass is 19.4. The predicted molar refractivity (Wildman–Crippen MR) is 72.1 cm³/mol. The fraction of sp³-hybridized carbons (Fsp3) is 0.615. The van der Waals surface area contributed by atoms with Crippen molar-refractivity contribution in [2.24, 2.45) is 5.92 Å². The van der Waals surface area contributed by atoms with Gasteiger partial charge in [0, 0.05) is 39.5 Å². The van der Waals surface area contributed by atoms with Crippen LogP contribution in [-0.4, -0.2) is 59.4 Å². The molecule has 1 fully saturated rings. The van der Waals surface area contributed by atoms with Crippen LogP contribution in [0.2, 0.25) is 0 Å². The number of halogens is 3. The van der Waals surface area contributed by atoms with Crippen molar-refractivity contribution in [2.75, 3.05) is 32.1 Å². The van der Waals surface area contributed by atoms with Crippen molar-refractivity contribution in [3.05, 3.63) is 17.8 Å². The van der Waals surface area contributed by atoms with Crippen LogP contribution >= 0.6 is 0 Å². The molecule has 2 heterocycles. The van der Waals surface area contributed by atoms with Crippen molar-refractivity contribution in [3.8, 4) is 0 Å². The normalized spacial score (nSPS) is 22.0. The molecule has 0 aromatic carbocycles. The summed E-state index contributed by atoms with van der Waals surface area (Å²) in [6, 6.07) is 0.899. The summed E-state index contributed by atoms with van der Waals surface area (Å²) in [5.41, 5.74) is -0.889. The summed E-state index contributed by atoms with van der Waals surface area (Å²) in [5.74, 6) is -0.430. The van der Waals surface area contributed by atoms with E-state index in [0.717, 1.165) is 6.07 Å². The quantitative estimate of drug-likeness (QED) is 0.891. The Balaban J connectivity index is 2.10. The number of hydrogen-bond acceptors (Lipinski definition) is 5. The third-order valence-electron chi connectivity index (χ3n) is 3.64. The molecule has 2 atom stereocenters. The lowest BCUT2D eigenvalue weighted by Crippen LogP contribution is -2.28. The maximum absolute atomic E-state index is 12.7. The molecule has 0 spiro atoms. The fourth-order valence-corrected chi connectivity index (χ4v) is 2.31. The molecule has 6 nitrogen and oxygen atoms in total. The summed E-state index contributed by atoms with van der Waals surface area (Å²) in [5, 5.41) is 17.1. The molecular weight excluding hydrogens is 301 g/mol. The van der Waals surface area contributed by atoms with E-state index >= 15 is 0 Å². The molecule has 0 aliphatic carbocycles. The Kier molecular flexibility index (Phi) is 4.55. The van der Waals surface area contributed by atoms with E-state index in [4.69, 9.17) is 0 Å². The van der Waals surface area contributed by atoms with Gasteiger partial charge in [-0.3, -0.25) is 4.79 Å². The molecule has 122 valence electrons. The molecule has 9 heteroatoms. The van der Waals surface area contributed by atoms with E-state index in [0.29, 0.717) is 6.20 Å². The van der Waals surface area contributed by atoms with Gasteiger partial charge in [0.1, 0.15) is 0 Å². The number of alkyl halides is 3. The number of rotatable bonds is 3. The van der Waals surface area contributed by atoms with Gasteiger partial charge in [-0.1, -0.05) is 0 Å². The zero-order valence-electron chi connectivity index (χ0n) is 12.2. The first kappa shape index (κ1) is 16.5. The second-order valence-corrected chi connectivity index (χ2v) is 5.52. The summed E-state index contributed by atoms with van der Waals surface area (Å²) in [7, 11) is 3.22. The van der Waals surface area contributed by atoms with Gasteiger partial charge in [0.25, 0.3) is 0 Å². The highest BCUT2D eigenvalue weighted by molar-refractivity contribution is 5.76. The van der Waals surface area contributed by atoms with E-state index in [1.807, 2.05) is 0 Å². The van der Waals surface area contributed by atoms with Gasteiger partial charge >= 0.3 is 6.18 Å². The molecular formula is C13H17F3N4O2. The van der Waals surface area contributed by atoms with Gasteiger partial charge < -0.3 is 14.9 Å². The molecule has 1 aromatic rings. The largest absolute Gasteiger partial charge is 0.418 e. The number of β-amino-alcohol motifs (C(OH)–C–C–N with tert-alkyl or cyclic N) is 1. The summed E-state index contributed by atoms with van der Waals surface area (Å²) in [4.78, 5) is 14.6. The average molecular weight is 318 g/mol. The van der Waals surface area contributed by atoms with Crippen LogP contribution in [0.4, 0.5) is 19.0 Å². The first-order valence-corrected chi connectivity index (χ1v) is 6.71. The summed E-state index contributed by atoms with van der Waals surface area (Å²) < 4.78 is 38.0. The Morgan fingerprint density at radius 2 is 2.14 bits per heavy atom. The maximum Gasteiger partial charge on any atom is 0.418 e. The van der Waals surface area contributed by atoms with Crippen molar-refractivity contribution < 1.29 is 23.1 Å². The predicted octanol–water partition coefficient (Wildman–Crippen LogP) is 0.771. The molecule has 0 unspecified atom stereocenters. The van der Waals surface area contributed by atoms with Crippen LogP contribution in [0, 0.1) is 5.92 Å². The number of aromatic nitrogens is 2. The number of carbonyl (C=O) groups is 1. The molecule has 1 aromatic heterocycles. The second kappa shape index (κ2) is 6.07. The average Bonchev–Trinajstić information content (AvgIpc) is 2.79. The molecule has 1 aliphatic rings. The van der Waals surface area contributed by atoms with E-state index in [9.17, 15) is 23.1 Å². The van der Waals surface area contributed by atoms with Crippen LogP contribution in [0.3, 0.4) is 0 Å². The van der Waals surface area contributed by atoms with Gasteiger partial charge in [0.15, 0.2) is 5.82 Å². The molecule has 0 radical (unpaired) electrons. The fourth-order valence-electron chi connectivity index (χ4n) is 2.31. The summed E-state index contributed by atoms with van der Waals surface area (Å²) in [6.07, 6.45) is -4.50. The van der Waals surface area contributed by atoms with Crippen molar-refractivity contribution >= 4 is 11.7 Å². The van der Waals surface area contributed by atoms with Crippen LogP contribution < -0.4 is 4.90 Å². The number of amides is 1. The highest BCUT2D eigenvalue weighted by Crippen LogP contribution is 2.31. The Labute approximate surface area is 125 Å². The molecule has 22 heavy (non-hydrogen) atoms. The van der Waals surface area contributed by atoms with E-state index in [1.165, 1.54) is 9.80 Å². The van der Waals surface area contributed by atoms with Gasteiger partial charge in [0.05, 0.1) is 17.9 Å². The minimum absolute atomic E-state index is 0.0497. The van der Waals surface area contributed by atoms with E-state index in [2.05, 4.69) is 10.2 Å². The van der Waals surface area contributed by atoms with Crippen molar-refractivity contribution in [2.45, 2.75) is 18.7 Å². The molecule has 2 rings (SSSR count). The van der Waals surface area contributed by atoms with E-state index in [1.54, 1.807) is 14.1 Å². The molecule has 1 amide bonds. The van der Waals surface area contributed by atoms with Gasteiger partial charge in [0.2, 0.25) is 5.91 Å². The van der Waals surface area contributed by atoms with Crippen molar-refractivity contribution in [1.82, 2.24) is 15.1 Å². The number of nitrogens with zero attached hydrogens (tertiary/aromatic N) is 4. The van der Waals surface area contributed by atoms with Crippen LogP contribution in [0.1, 0.15) is 12.0 Å². The van der Waals surface area contributed by atoms with Gasteiger partial charge in [-0.15, -0.1) is 5.10 Å². The van der Waals surface area contributed by atoms with Crippen molar-refractivity contribution in [1.29, 1.82) is 0 Å². The monoisotopic (exact) mass is 318 g/mol. The molecule has 1 aliphatic heterocycles. The molecule has 0 saturated carbocycles. The van der Waals surface area contributed by atoms with Crippen LogP contribution in [0.25, 0.3) is 0 Å². The second-order valence-electron chi connectivity index (χ2n) is 5.52. The van der Waals surface area contributed by atoms with E-state index in [-0.39, 0.29) is 37.2 Å². The molecule has 1 saturated heterocycles. The highest BCUT2D eigenvalue weighted by Gasteiger charge is 2.36. The Morgan fingerprint density at radius 3 is 2.73 bits per heavy atom. The standard InChI is InChI=1S/C13H17F3N4O2/c1-19(2)12(22)3-8-6-20(7-10(8)21)11-4-9(5-17-18-11)13(14,15)16/h4-5,8,10,21H,3,6-7H2,1-2H3/t8-,10-/m1/s1. The van der Waals surface area contributed by atoms with Crippen molar-refractivity contribution in [3.63, 3.8) is 0 Å². The summed E-state index contributed by atoms with van der Waals surface area (Å²) in [6.45, 7) is 0.387. The Bertz CT molecular complexity index is 550. The van der Waals surface area contributed by atoms with Crippen LogP contribution in [-0.2, 0) is 11.0 Å². The smallest absolute Gasteiger partial charge is 0.391 e. The molecule has 0 bridgehead atoms. The number of aliphatic hydroxyl groups is 1. The van der Waals surface area contributed by atoms with Gasteiger partial charge in [-0.25, -0.2) is 0 Å². The van der Waals surface area contributed by atoms with Crippen LogP contribution in [0.15, 0.2) is 12.3 Å². The topological polar surface area (TPSA) is 69.6 Å². The SMILES string of the molecule is CN(C)C(=O)C[C@@H]1CN(c2cc(C(F)(F)F)cnn2)C[C@H]1O. The number of hydrogen-bond donors (Lipinski definition) is 1. The lowest BCUT2D eigenvalue weighted by Gasteiger charge is -2.18. The maximum atomic E-state index is 12.7. The van der Waals surface area contributed by atoms with Crippen LogP contribution in [0.5, 0.6) is 0 Å². The Morgan fingerprint density at radius 1 is 1.45 bits per heavy atom. The third-order valence-corrected chi connectivity index (χ3v) is 3.64. The number of carbonyl (C=O) groups excluding carboxylic acids is 1. The number of anilines is 1. The zero-order chi connectivity index (χ0) is 16.5. The number of aliphatic hydroxyl groups excluding tert-OH is 1. The lowest BCUT2D eigenvalue weighted by atomic mass is 10.0. The first-order valence-electron chi connectivity index (χ1n) is 6.71. The minimum Gasteiger partial charge on any atom is -0.391 e. The Hall–Kier alpha value is -1.90. The van der Waals surface area contributed by atoms with E-state index < -0.39 is 17.8 Å². The third kappa shape index (κ3) is 3.65. The summed E-state index contributed by atoms with van der Waals surface area (Å²) >= 11 is 0. The zero-order valence-corrected chi connectivity index (χ0v) is 12.2. The minimum atomic E-state index is -4.50. The first-order chi connectivity index (χ1) is 10.2. The lowest BCUT2D eigenvalue weighted by molar-refractivity contribution is -0.138. The van der Waals surface area contributed by atoms with Gasteiger partial charge in [-0.2, -0.15) is 18.3 Å². The van der Waals surface area contributed by atoms with Gasteiger partial charge in [-0.05, 0) is 6.07 Å².